The van der Waals surface area contributed by atoms with Gasteiger partial charge in [-0.25, -0.2) is 0 Å². The zero-order valence-corrected chi connectivity index (χ0v) is 14.1. The van der Waals surface area contributed by atoms with E-state index in [2.05, 4.69) is 5.32 Å². The minimum atomic E-state index is -0.154. The first-order valence-corrected chi connectivity index (χ1v) is 8.01. The van der Waals surface area contributed by atoms with Crippen molar-refractivity contribution in [2.45, 2.75) is 12.8 Å². The maximum Gasteiger partial charge on any atom is 0.261 e. The molecule has 0 bridgehead atoms. The maximum atomic E-state index is 12.8. The number of hydrogen-bond acceptors (Lipinski definition) is 5. The first kappa shape index (κ1) is 18.1. The molecule has 24 heavy (non-hydrogen) atoms. The number of aliphatic hydroxyl groups excluding tert-OH is 1. The van der Waals surface area contributed by atoms with Gasteiger partial charge in [-0.15, -0.1) is 0 Å². The molecule has 2 N–H and O–H groups in total. The van der Waals surface area contributed by atoms with Crippen LogP contribution in [0.3, 0.4) is 0 Å². The third-order valence-corrected chi connectivity index (χ3v) is 4.21. The van der Waals surface area contributed by atoms with Crippen LogP contribution in [0.5, 0.6) is 11.5 Å². The second kappa shape index (κ2) is 8.54. The van der Waals surface area contributed by atoms with Crippen molar-refractivity contribution in [1.82, 2.24) is 10.2 Å². The largest absolute Gasteiger partial charge is 0.496 e. The van der Waals surface area contributed by atoms with Crippen molar-refractivity contribution in [2.24, 2.45) is 5.92 Å². The van der Waals surface area contributed by atoms with Crippen LogP contribution in [-0.4, -0.2) is 62.3 Å². The van der Waals surface area contributed by atoms with Gasteiger partial charge in [-0.2, -0.15) is 0 Å². The van der Waals surface area contributed by atoms with Crippen LogP contribution in [0.4, 0.5) is 0 Å². The Bertz CT molecular complexity index is 560. The predicted octanol–water partition coefficient (Wildman–Crippen LogP) is 0.664. The van der Waals surface area contributed by atoms with Crippen LogP contribution in [0.25, 0.3) is 0 Å². The molecule has 0 saturated carbocycles. The summed E-state index contributed by atoms with van der Waals surface area (Å²) in [6.07, 6.45) is 1.20. The van der Waals surface area contributed by atoms with E-state index >= 15 is 0 Å². The lowest BCUT2D eigenvalue weighted by molar-refractivity contribution is -0.126. The quantitative estimate of drug-likeness (QED) is 0.797. The van der Waals surface area contributed by atoms with E-state index in [0.717, 1.165) is 0 Å². The molecule has 1 fully saturated rings. The number of hydrogen-bond donors (Lipinski definition) is 2. The van der Waals surface area contributed by atoms with Gasteiger partial charge in [0.1, 0.15) is 17.1 Å². The fourth-order valence-electron chi connectivity index (χ4n) is 2.89. The van der Waals surface area contributed by atoms with Gasteiger partial charge in [0.2, 0.25) is 5.91 Å². The maximum absolute atomic E-state index is 12.8. The van der Waals surface area contributed by atoms with E-state index in [-0.39, 0.29) is 30.9 Å². The van der Waals surface area contributed by atoms with E-state index in [0.29, 0.717) is 43.0 Å². The molecule has 1 aliphatic heterocycles. The van der Waals surface area contributed by atoms with E-state index in [1.165, 1.54) is 14.2 Å². The number of likely N-dealkylation sites (tertiary alicyclic amines) is 1. The molecule has 0 aromatic heterocycles. The number of methoxy groups -OCH3 is 2. The Kier molecular flexibility index (Phi) is 6.43. The number of amides is 2. The molecule has 0 spiro atoms. The number of ether oxygens (including phenoxy) is 2. The van der Waals surface area contributed by atoms with E-state index in [1.807, 2.05) is 0 Å². The standard InChI is InChI=1S/C17H24N2O5/c1-23-13-4-3-5-14(24-2)15(13)17(22)19-9-6-12(7-10-19)16(21)18-8-11-20/h3-5,12,20H,6-11H2,1-2H3,(H,18,21). The zero-order valence-electron chi connectivity index (χ0n) is 14.1. The number of nitrogens with zero attached hydrogens (tertiary/aromatic N) is 1. The number of carbonyl (C=O) groups is 2. The van der Waals surface area contributed by atoms with Crippen LogP contribution >= 0.6 is 0 Å². The summed E-state index contributed by atoms with van der Waals surface area (Å²) in [6.45, 7) is 1.18. The van der Waals surface area contributed by atoms with Gasteiger partial charge in [0, 0.05) is 25.6 Å². The van der Waals surface area contributed by atoms with Crippen molar-refractivity contribution >= 4 is 11.8 Å². The second-order valence-corrected chi connectivity index (χ2v) is 5.62. The summed E-state index contributed by atoms with van der Waals surface area (Å²) in [6, 6.07) is 5.22. The van der Waals surface area contributed by atoms with Crippen LogP contribution in [0, 0.1) is 5.92 Å². The SMILES string of the molecule is COc1cccc(OC)c1C(=O)N1CCC(C(=O)NCCO)CC1. The van der Waals surface area contributed by atoms with Crippen LogP contribution in [0.15, 0.2) is 18.2 Å². The number of piperidine rings is 1. The summed E-state index contributed by atoms with van der Waals surface area (Å²) in [5, 5.41) is 11.4. The Balaban J connectivity index is 2.05. The first-order valence-electron chi connectivity index (χ1n) is 8.01. The molecule has 1 aromatic carbocycles. The fourth-order valence-corrected chi connectivity index (χ4v) is 2.89. The Morgan fingerprint density at radius 1 is 1.21 bits per heavy atom. The highest BCUT2D eigenvalue weighted by atomic mass is 16.5. The molecule has 0 atom stereocenters. The van der Waals surface area contributed by atoms with Crippen molar-refractivity contribution in [2.75, 3.05) is 40.5 Å². The van der Waals surface area contributed by atoms with Gasteiger partial charge in [-0.1, -0.05) is 6.07 Å². The third kappa shape index (κ3) is 3.97. The van der Waals surface area contributed by atoms with Crippen molar-refractivity contribution < 1.29 is 24.2 Å². The average Bonchev–Trinajstić information content (AvgIpc) is 2.64. The molecule has 1 saturated heterocycles. The van der Waals surface area contributed by atoms with E-state index in [4.69, 9.17) is 14.6 Å². The smallest absolute Gasteiger partial charge is 0.261 e. The van der Waals surface area contributed by atoms with Gasteiger partial charge in [-0.3, -0.25) is 9.59 Å². The Hall–Kier alpha value is -2.28. The van der Waals surface area contributed by atoms with Gasteiger partial charge in [0.15, 0.2) is 0 Å². The van der Waals surface area contributed by atoms with Crippen molar-refractivity contribution in [1.29, 1.82) is 0 Å². The first-order chi connectivity index (χ1) is 11.6. The van der Waals surface area contributed by atoms with Crippen molar-refractivity contribution in [3.63, 3.8) is 0 Å². The predicted molar refractivity (Wildman–Crippen MR) is 88.3 cm³/mol. The highest BCUT2D eigenvalue weighted by molar-refractivity contribution is 5.99. The molecule has 7 nitrogen and oxygen atoms in total. The van der Waals surface area contributed by atoms with Crippen LogP contribution in [0.2, 0.25) is 0 Å². The lowest BCUT2D eigenvalue weighted by Crippen LogP contribution is -2.43. The summed E-state index contributed by atoms with van der Waals surface area (Å²) in [7, 11) is 3.03. The Morgan fingerprint density at radius 2 is 1.79 bits per heavy atom. The van der Waals surface area contributed by atoms with Crippen molar-refractivity contribution in [3.05, 3.63) is 23.8 Å². The Morgan fingerprint density at radius 3 is 2.29 bits per heavy atom. The molecule has 0 radical (unpaired) electrons. The highest BCUT2D eigenvalue weighted by Gasteiger charge is 2.30. The van der Waals surface area contributed by atoms with Crippen molar-refractivity contribution in [3.8, 4) is 11.5 Å². The molecule has 2 rings (SSSR count). The third-order valence-electron chi connectivity index (χ3n) is 4.21. The van der Waals surface area contributed by atoms with Gasteiger partial charge in [-0.05, 0) is 25.0 Å². The molecule has 7 heteroatoms. The molecule has 2 amide bonds. The average molecular weight is 336 g/mol. The lowest BCUT2D eigenvalue weighted by Gasteiger charge is -2.32. The molecule has 132 valence electrons. The van der Waals surface area contributed by atoms with Crippen LogP contribution in [-0.2, 0) is 4.79 Å². The summed E-state index contributed by atoms with van der Waals surface area (Å²) < 4.78 is 10.6. The number of nitrogens with one attached hydrogen (secondary N) is 1. The van der Waals surface area contributed by atoms with Crippen LogP contribution < -0.4 is 14.8 Å². The molecule has 0 aliphatic carbocycles. The molecular weight excluding hydrogens is 312 g/mol. The molecule has 1 heterocycles. The lowest BCUT2D eigenvalue weighted by atomic mass is 9.95. The minimum Gasteiger partial charge on any atom is -0.496 e. The zero-order chi connectivity index (χ0) is 17.5. The minimum absolute atomic E-state index is 0.0639. The van der Waals surface area contributed by atoms with E-state index in [1.54, 1.807) is 23.1 Å². The number of benzene rings is 1. The second-order valence-electron chi connectivity index (χ2n) is 5.62. The summed E-state index contributed by atoms with van der Waals surface area (Å²) >= 11 is 0. The summed E-state index contributed by atoms with van der Waals surface area (Å²) in [5.74, 6) is 0.606. The van der Waals surface area contributed by atoms with Gasteiger partial charge < -0.3 is 24.8 Å². The normalized spacial score (nSPS) is 15.0. The summed E-state index contributed by atoms with van der Waals surface area (Å²) in [5.41, 5.74) is 0.408. The topological polar surface area (TPSA) is 88.1 Å². The Labute approximate surface area is 141 Å². The van der Waals surface area contributed by atoms with Gasteiger partial charge in [0.05, 0.1) is 20.8 Å². The number of carbonyl (C=O) groups excluding carboxylic acids is 2. The van der Waals surface area contributed by atoms with Crippen LogP contribution in [0.1, 0.15) is 23.2 Å². The molecule has 0 unspecified atom stereocenters. The fraction of sp³-hybridized carbons (Fsp3) is 0.529. The van der Waals surface area contributed by atoms with E-state index in [9.17, 15) is 9.59 Å². The number of rotatable bonds is 6. The van der Waals surface area contributed by atoms with Gasteiger partial charge >= 0.3 is 0 Å². The number of aliphatic hydroxyl groups is 1. The molecule has 1 aromatic rings. The molecule has 1 aliphatic rings. The van der Waals surface area contributed by atoms with Gasteiger partial charge in [0.25, 0.3) is 5.91 Å². The monoisotopic (exact) mass is 336 g/mol. The highest BCUT2D eigenvalue weighted by Crippen LogP contribution is 2.31. The summed E-state index contributed by atoms with van der Waals surface area (Å²) in [4.78, 5) is 26.5. The molecular formula is C17H24N2O5. The van der Waals surface area contributed by atoms with E-state index < -0.39 is 0 Å².